The first-order valence-electron chi connectivity index (χ1n) is 6.32. The van der Waals surface area contributed by atoms with Gasteiger partial charge in [0.2, 0.25) is 0 Å². The summed E-state index contributed by atoms with van der Waals surface area (Å²) >= 11 is 1.85. The highest BCUT2D eigenvalue weighted by molar-refractivity contribution is 7.98. The minimum Gasteiger partial charge on any atom is -0.371 e. The van der Waals surface area contributed by atoms with Crippen LogP contribution in [-0.4, -0.2) is 25.1 Å². The van der Waals surface area contributed by atoms with Crippen molar-refractivity contribution in [3.63, 3.8) is 0 Å². The first-order valence-corrected chi connectivity index (χ1v) is 7.72. The average molecular weight is 270 g/mol. The van der Waals surface area contributed by atoms with Crippen molar-refractivity contribution in [1.29, 1.82) is 5.26 Å². The minimum atomic E-state index is 0.464. The number of fused-ring (bicyclic) bond motifs is 1. The van der Waals surface area contributed by atoms with Gasteiger partial charge in [0.05, 0.1) is 11.6 Å². The van der Waals surface area contributed by atoms with Gasteiger partial charge in [-0.3, -0.25) is 0 Å². The molecule has 0 aliphatic carbocycles. The first-order chi connectivity index (χ1) is 9.19. The SMILES string of the molecule is CSCC(C)N(C)c1ccc(C#N)c2ccccc12. The lowest BCUT2D eigenvalue weighted by molar-refractivity contribution is 0.768. The van der Waals surface area contributed by atoms with Crippen LogP contribution in [0.15, 0.2) is 36.4 Å². The van der Waals surface area contributed by atoms with Crippen LogP contribution in [0, 0.1) is 11.3 Å². The first kappa shape index (κ1) is 13.8. The van der Waals surface area contributed by atoms with E-state index >= 15 is 0 Å². The standard InChI is InChI=1S/C16H18N2S/c1-12(11-19-3)18(2)16-9-8-13(10-17)14-6-4-5-7-15(14)16/h4-9,12H,11H2,1-3H3. The van der Waals surface area contributed by atoms with E-state index in [0.29, 0.717) is 6.04 Å². The summed E-state index contributed by atoms with van der Waals surface area (Å²) in [6.07, 6.45) is 2.13. The van der Waals surface area contributed by atoms with Gasteiger partial charge in [0.1, 0.15) is 0 Å². The van der Waals surface area contributed by atoms with Gasteiger partial charge in [-0.05, 0) is 25.3 Å². The molecule has 0 aromatic heterocycles. The van der Waals surface area contributed by atoms with E-state index in [1.165, 1.54) is 5.69 Å². The van der Waals surface area contributed by atoms with Gasteiger partial charge in [-0.1, -0.05) is 24.3 Å². The second kappa shape index (κ2) is 5.99. The zero-order chi connectivity index (χ0) is 13.8. The van der Waals surface area contributed by atoms with E-state index in [2.05, 4.69) is 43.3 Å². The van der Waals surface area contributed by atoms with E-state index < -0.39 is 0 Å². The van der Waals surface area contributed by atoms with Gasteiger partial charge in [0.25, 0.3) is 0 Å². The second-order valence-electron chi connectivity index (χ2n) is 4.70. The molecule has 19 heavy (non-hydrogen) atoms. The number of nitriles is 1. The lowest BCUT2D eigenvalue weighted by Gasteiger charge is -2.28. The molecule has 1 unspecified atom stereocenters. The zero-order valence-electron chi connectivity index (χ0n) is 11.6. The number of nitrogens with zero attached hydrogens (tertiary/aromatic N) is 2. The number of rotatable bonds is 4. The summed E-state index contributed by atoms with van der Waals surface area (Å²) in [5.74, 6) is 1.09. The van der Waals surface area contributed by atoms with Crippen LogP contribution in [0.25, 0.3) is 10.8 Å². The Labute approximate surface area is 119 Å². The molecule has 0 aliphatic heterocycles. The van der Waals surface area contributed by atoms with Gasteiger partial charge in [-0.25, -0.2) is 0 Å². The molecule has 0 saturated heterocycles. The minimum absolute atomic E-state index is 0.464. The van der Waals surface area contributed by atoms with E-state index in [1.807, 2.05) is 36.0 Å². The van der Waals surface area contributed by atoms with Crippen molar-refractivity contribution in [1.82, 2.24) is 0 Å². The third-order valence-corrected chi connectivity index (χ3v) is 4.29. The Morgan fingerprint density at radius 3 is 2.53 bits per heavy atom. The summed E-state index contributed by atoms with van der Waals surface area (Å²) in [6, 6.07) is 14.8. The number of anilines is 1. The van der Waals surface area contributed by atoms with E-state index in [9.17, 15) is 5.26 Å². The normalized spacial score (nSPS) is 12.1. The maximum absolute atomic E-state index is 9.19. The molecule has 0 fully saturated rings. The Kier molecular flexibility index (Phi) is 4.34. The Morgan fingerprint density at radius 2 is 1.89 bits per heavy atom. The highest BCUT2D eigenvalue weighted by Crippen LogP contribution is 2.30. The maximum Gasteiger partial charge on any atom is 0.0998 e. The highest BCUT2D eigenvalue weighted by Gasteiger charge is 2.13. The van der Waals surface area contributed by atoms with Crippen molar-refractivity contribution >= 4 is 28.2 Å². The lowest BCUT2D eigenvalue weighted by atomic mass is 10.0. The Hall–Kier alpha value is -1.66. The molecule has 98 valence electrons. The summed E-state index contributed by atoms with van der Waals surface area (Å²) in [6.45, 7) is 2.23. The molecule has 0 bridgehead atoms. The molecule has 0 N–H and O–H groups in total. The Morgan fingerprint density at radius 1 is 1.21 bits per heavy atom. The molecule has 0 saturated carbocycles. The van der Waals surface area contributed by atoms with Crippen molar-refractivity contribution < 1.29 is 0 Å². The van der Waals surface area contributed by atoms with Crippen LogP contribution in [-0.2, 0) is 0 Å². The maximum atomic E-state index is 9.19. The fourth-order valence-corrected chi connectivity index (χ4v) is 2.98. The van der Waals surface area contributed by atoms with E-state index in [4.69, 9.17) is 0 Å². The van der Waals surface area contributed by atoms with Crippen molar-refractivity contribution in [3.8, 4) is 6.07 Å². The molecule has 2 aromatic carbocycles. The smallest absolute Gasteiger partial charge is 0.0998 e. The molecule has 2 nitrogen and oxygen atoms in total. The molecule has 0 aliphatic rings. The van der Waals surface area contributed by atoms with E-state index in [0.717, 1.165) is 22.1 Å². The van der Waals surface area contributed by atoms with Crippen LogP contribution in [0.3, 0.4) is 0 Å². The topological polar surface area (TPSA) is 27.0 Å². The number of thioether (sulfide) groups is 1. The van der Waals surface area contributed by atoms with Crippen LogP contribution in [0.1, 0.15) is 12.5 Å². The molecule has 0 heterocycles. The number of hydrogen-bond acceptors (Lipinski definition) is 3. The van der Waals surface area contributed by atoms with E-state index in [1.54, 1.807) is 0 Å². The number of hydrogen-bond donors (Lipinski definition) is 0. The summed E-state index contributed by atoms with van der Waals surface area (Å²) in [4.78, 5) is 2.29. The van der Waals surface area contributed by atoms with Crippen LogP contribution < -0.4 is 4.90 Å². The van der Waals surface area contributed by atoms with Gasteiger partial charge in [-0.15, -0.1) is 0 Å². The van der Waals surface area contributed by atoms with Crippen molar-refractivity contribution in [2.75, 3.05) is 24.0 Å². The fourth-order valence-electron chi connectivity index (χ4n) is 2.28. The summed E-state index contributed by atoms with van der Waals surface area (Å²) < 4.78 is 0. The second-order valence-corrected chi connectivity index (χ2v) is 5.62. The average Bonchev–Trinajstić information content (AvgIpc) is 2.45. The quantitative estimate of drug-likeness (QED) is 0.843. The van der Waals surface area contributed by atoms with Gasteiger partial charge < -0.3 is 4.90 Å². The lowest BCUT2D eigenvalue weighted by Crippen LogP contribution is -2.30. The van der Waals surface area contributed by atoms with Gasteiger partial charge in [-0.2, -0.15) is 17.0 Å². The molecule has 2 rings (SSSR count). The largest absolute Gasteiger partial charge is 0.371 e. The fraction of sp³-hybridized carbons (Fsp3) is 0.312. The van der Waals surface area contributed by atoms with Gasteiger partial charge >= 0.3 is 0 Å². The molecule has 2 aromatic rings. The summed E-state index contributed by atoms with van der Waals surface area (Å²) in [5, 5.41) is 11.4. The third kappa shape index (κ3) is 2.69. The van der Waals surface area contributed by atoms with Crippen molar-refractivity contribution in [2.24, 2.45) is 0 Å². The highest BCUT2D eigenvalue weighted by atomic mass is 32.2. The van der Waals surface area contributed by atoms with Gasteiger partial charge in [0, 0.05) is 35.3 Å². The van der Waals surface area contributed by atoms with Crippen LogP contribution in [0.2, 0.25) is 0 Å². The summed E-state index contributed by atoms with van der Waals surface area (Å²) in [7, 11) is 2.12. The molecule has 1 atom stereocenters. The van der Waals surface area contributed by atoms with E-state index in [-0.39, 0.29) is 0 Å². The predicted octanol–water partition coefficient (Wildman–Crippen LogP) is 3.90. The molecule has 0 spiro atoms. The van der Waals surface area contributed by atoms with Crippen LogP contribution >= 0.6 is 11.8 Å². The third-order valence-electron chi connectivity index (χ3n) is 3.47. The Bertz CT molecular complexity index is 616. The molecular formula is C16H18N2S. The van der Waals surface area contributed by atoms with Gasteiger partial charge in [0.15, 0.2) is 0 Å². The predicted molar refractivity (Wildman–Crippen MR) is 84.9 cm³/mol. The monoisotopic (exact) mass is 270 g/mol. The van der Waals surface area contributed by atoms with Crippen molar-refractivity contribution in [2.45, 2.75) is 13.0 Å². The molecular weight excluding hydrogens is 252 g/mol. The summed E-state index contributed by atoms with van der Waals surface area (Å²) in [5.41, 5.74) is 1.93. The Balaban J connectivity index is 2.54. The zero-order valence-corrected chi connectivity index (χ0v) is 12.4. The molecule has 0 radical (unpaired) electrons. The molecule has 3 heteroatoms. The molecule has 0 amide bonds. The van der Waals surface area contributed by atoms with Crippen LogP contribution in [0.5, 0.6) is 0 Å². The number of benzene rings is 2. The van der Waals surface area contributed by atoms with Crippen LogP contribution in [0.4, 0.5) is 5.69 Å². The van der Waals surface area contributed by atoms with Crippen molar-refractivity contribution in [3.05, 3.63) is 42.0 Å².